The Bertz CT molecular complexity index is 425. The minimum Gasteiger partial charge on any atom is -0.480 e. The molecule has 1 saturated heterocycles. The van der Waals surface area contributed by atoms with E-state index in [1.165, 1.54) is 17.5 Å². The Hall–Kier alpha value is -1.35. The zero-order chi connectivity index (χ0) is 13.7. The molecule has 1 aromatic carbocycles. The Morgan fingerprint density at radius 2 is 1.84 bits per heavy atom. The largest absolute Gasteiger partial charge is 0.480 e. The zero-order valence-electron chi connectivity index (χ0n) is 11.6. The lowest BCUT2D eigenvalue weighted by Gasteiger charge is -2.32. The normalized spacial score (nSPS) is 18.2. The van der Waals surface area contributed by atoms with E-state index < -0.39 is 5.97 Å². The van der Waals surface area contributed by atoms with Gasteiger partial charge in [-0.3, -0.25) is 9.69 Å². The number of nitrogens with zero attached hydrogens (tertiary/aromatic N) is 1. The molecule has 1 aliphatic rings. The molecule has 0 radical (unpaired) electrons. The van der Waals surface area contributed by atoms with Crippen LogP contribution in [0.15, 0.2) is 24.3 Å². The van der Waals surface area contributed by atoms with Gasteiger partial charge in [-0.15, -0.1) is 0 Å². The maximum atomic E-state index is 11.6. The summed E-state index contributed by atoms with van der Waals surface area (Å²) in [7, 11) is 0. The molecule has 0 aromatic heterocycles. The third-order valence-corrected chi connectivity index (χ3v) is 4.03. The molecule has 19 heavy (non-hydrogen) atoms. The van der Waals surface area contributed by atoms with Crippen LogP contribution in [0.1, 0.15) is 37.3 Å². The fraction of sp³-hybridized carbons (Fsp3) is 0.562. The van der Waals surface area contributed by atoms with Crippen molar-refractivity contribution < 1.29 is 9.90 Å². The summed E-state index contributed by atoms with van der Waals surface area (Å²) in [5.74, 6) is -0.687. The molecular weight excluding hydrogens is 238 g/mol. The van der Waals surface area contributed by atoms with E-state index in [4.69, 9.17) is 0 Å². The van der Waals surface area contributed by atoms with Gasteiger partial charge in [0.25, 0.3) is 0 Å². The van der Waals surface area contributed by atoms with E-state index in [2.05, 4.69) is 24.0 Å². The molecule has 0 amide bonds. The van der Waals surface area contributed by atoms with E-state index in [9.17, 15) is 9.90 Å². The van der Waals surface area contributed by atoms with Gasteiger partial charge in [0.1, 0.15) is 6.04 Å². The van der Waals surface area contributed by atoms with Gasteiger partial charge in [-0.1, -0.05) is 37.6 Å². The van der Waals surface area contributed by atoms with Gasteiger partial charge in [-0.2, -0.15) is 0 Å². The summed E-state index contributed by atoms with van der Waals surface area (Å²) in [5, 5.41) is 9.51. The molecule has 1 atom stereocenters. The number of hydrogen-bond acceptors (Lipinski definition) is 2. The van der Waals surface area contributed by atoms with Crippen LogP contribution in [-0.4, -0.2) is 35.1 Å². The maximum Gasteiger partial charge on any atom is 0.321 e. The Labute approximate surface area is 115 Å². The average molecular weight is 261 g/mol. The van der Waals surface area contributed by atoms with Crippen molar-refractivity contribution in [3.63, 3.8) is 0 Å². The first-order valence-electron chi connectivity index (χ1n) is 7.26. The predicted octanol–water partition coefficient (Wildman–Crippen LogP) is 2.73. The van der Waals surface area contributed by atoms with Crippen LogP contribution in [0.25, 0.3) is 0 Å². The first-order valence-corrected chi connectivity index (χ1v) is 7.26. The monoisotopic (exact) mass is 261 g/mol. The fourth-order valence-corrected chi connectivity index (χ4v) is 2.91. The lowest BCUT2D eigenvalue weighted by molar-refractivity contribution is -0.143. The Morgan fingerprint density at radius 1 is 1.21 bits per heavy atom. The molecule has 1 aliphatic heterocycles. The van der Waals surface area contributed by atoms with Crippen molar-refractivity contribution in [2.75, 3.05) is 13.1 Å². The second kappa shape index (κ2) is 6.71. The van der Waals surface area contributed by atoms with Crippen molar-refractivity contribution >= 4 is 5.97 Å². The van der Waals surface area contributed by atoms with Crippen molar-refractivity contribution in [1.82, 2.24) is 4.90 Å². The molecule has 3 heteroatoms. The average Bonchev–Trinajstić information content (AvgIpc) is 2.45. The van der Waals surface area contributed by atoms with E-state index in [-0.39, 0.29) is 6.04 Å². The molecule has 1 heterocycles. The predicted molar refractivity (Wildman–Crippen MR) is 76.4 cm³/mol. The molecule has 0 saturated carbocycles. The van der Waals surface area contributed by atoms with Crippen LogP contribution in [0.4, 0.5) is 0 Å². The van der Waals surface area contributed by atoms with Gasteiger partial charge in [-0.05, 0) is 49.9 Å². The summed E-state index contributed by atoms with van der Waals surface area (Å²) in [4.78, 5) is 13.7. The van der Waals surface area contributed by atoms with Crippen LogP contribution in [0.2, 0.25) is 0 Å². The molecule has 2 rings (SSSR count). The molecule has 0 unspecified atom stereocenters. The van der Waals surface area contributed by atoms with Crippen LogP contribution in [0.3, 0.4) is 0 Å². The number of aliphatic carboxylic acids is 1. The Balaban J connectivity index is 2.13. The van der Waals surface area contributed by atoms with Gasteiger partial charge < -0.3 is 5.11 Å². The molecule has 0 aliphatic carbocycles. The molecule has 1 fully saturated rings. The quantitative estimate of drug-likeness (QED) is 0.886. The van der Waals surface area contributed by atoms with E-state index in [0.717, 1.165) is 32.4 Å². The van der Waals surface area contributed by atoms with E-state index >= 15 is 0 Å². The van der Waals surface area contributed by atoms with Crippen molar-refractivity contribution in [1.29, 1.82) is 0 Å². The molecule has 0 spiro atoms. The standard InChI is InChI=1S/C16H23NO2/c1-2-13-8-4-5-9-14(13)12-15(16(18)19)17-10-6-3-7-11-17/h4-5,8-9,15H,2-3,6-7,10-12H2,1H3,(H,18,19)/t15-/m0/s1. The highest BCUT2D eigenvalue weighted by molar-refractivity contribution is 5.74. The van der Waals surface area contributed by atoms with Crippen molar-refractivity contribution in [2.24, 2.45) is 0 Å². The Kier molecular flexibility index (Phi) is 4.97. The van der Waals surface area contributed by atoms with Crippen molar-refractivity contribution in [3.05, 3.63) is 35.4 Å². The van der Waals surface area contributed by atoms with Gasteiger partial charge in [0, 0.05) is 0 Å². The van der Waals surface area contributed by atoms with Crippen LogP contribution >= 0.6 is 0 Å². The number of aryl methyl sites for hydroxylation is 1. The van der Waals surface area contributed by atoms with Gasteiger partial charge in [0.05, 0.1) is 0 Å². The number of carboxylic acids is 1. The minimum atomic E-state index is -0.687. The lowest BCUT2D eigenvalue weighted by Crippen LogP contribution is -2.45. The maximum absolute atomic E-state index is 11.6. The number of likely N-dealkylation sites (tertiary alicyclic amines) is 1. The van der Waals surface area contributed by atoms with Crippen LogP contribution < -0.4 is 0 Å². The van der Waals surface area contributed by atoms with Gasteiger partial charge >= 0.3 is 5.97 Å². The molecule has 0 bridgehead atoms. The highest BCUT2D eigenvalue weighted by Gasteiger charge is 2.27. The van der Waals surface area contributed by atoms with E-state index in [1.807, 2.05) is 12.1 Å². The third kappa shape index (κ3) is 3.57. The zero-order valence-corrected chi connectivity index (χ0v) is 11.6. The third-order valence-electron chi connectivity index (χ3n) is 4.03. The summed E-state index contributed by atoms with van der Waals surface area (Å²) in [6.07, 6.45) is 5.06. The summed E-state index contributed by atoms with van der Waals surface area (Å²) >= 11 is 0. The van der Waals surface area contributed by atoms with Crippen LogP contribution in [0, 0.1) is 0 Å². The van der Waals surface area contributed by atoms with Gasteiger partial charge in [0.2, 0.25) is 0 Å². The summed E-state index contributed by atoms with van der Waals surface area (Å²) in [6, 6.07) is 7.83. The van der Waals surface area contributed by atoms with E-state index in [0.29, 0.717) is 6.42 Å². The fourth-order valence-electron chi connectivity index (χ4n) is 2.91. The van der Waals surface area contributed by atoms with Gasteiger partial charge in [0.15, 0.2) is 0 Å². The van der Waals surface area contributed by atoms with E-state index in [1.54, 1.807) is 0 Å². The highest BCUT2D eigenvalue weighted by atomic mass is 16.4. The van der Waals surface area contributed by atoms with Crippen molar-refractivity contribution in [2.45, 2.75) is 45.1 Å². The first kappa shape index (κ1) is 14.1. The molecule has 3 nitrogen and oxygen atoms in total. The summed E-state index contributed by atoms with van der Waals surface area (Å²) in [6.45, 7) is 3.96. The molecular formula is C16H23NO2. The lowest BCUT2D eigenvalue weighted by atomic mass is 9.96. The molecule has 1 N–H and O–H groups in total. The number of carbonyl (C=O) groups is 1. The van der Waals surface area contributed by atoms with Crippen LogP contribution in [-0.2, 0) is 17.6 Å². The topological polar surface area (TPSA) is 40.5 Å². The van der Waals surface area contributed by atoms with Crippen LogP contribution in [0.5, 0.6) is 0 Å². The second-order valence-corrected chi connectivity index (χ2v) is 5.28. The first-order chi connectivity index (χ1) is 9.22. The number of benzene rings is 1. The van der Waals surface area contributed by atoms with Gasteiger partial charge in [-0.25, -0.2) is 0 Å². The summed E-state index contributed by atoms with van der Waals surface area (Å²) in [5.41, 5.74) is 2.45. The number of hydrogen-bond donors (Lipinski definition) is 1. The molecule has 1 aromatic rings. The molecule has 104 valence electrons. The Morgan fingerprint density at radius 3 is 2.42 bits per heavy atom. The smallest absolute Gasteiger partial charge is 0.321 e. The number of rotatable bonds is 5. The highest BCUT2D eigenvalue weighted by Crippen LogP contribution is 2.18. The summed E-state index contributed by atoms with van der Waals surface area (Å²) < 4.78 is 0. The minimum absolute atomic E-state index is 0.368. The number of piperidine rings is 1. The van der Waals surface area contributed by atoms with Crippen molar-refractivity contribution in [3.8, 4) is 0 Å². The SMILES string of the molecule is CCc1ccccc1C[C@@H](C(=O)O)N1CCCCC1. The number of carboxylic acid groups (broad SMARTS) is 1. The second-order valence-electron chi connectivity index (χ2n) is 5.28.